The van der Waals surface area contributed by atoms with Crippen LogP contribution in [0.5, 0.6) is 0 Å². The van der Waals surface area contributed by atoms with Gasteiger partial charge < -0.3 is 5.32 Å². The molecule has 0 spiro atoms. The Morgan fingerprint density at radius 1 is 1.11 bits per heavy atom. The van der Waals surface area contributed by atoms with Crippen LogP contribution >= 0.6 is 11.3 Å². The van der Waals surface area contributed by atoms with E-state index >= 15 is 0 Å². The van der Waals surface area contributed by atoms with Gasteiger partial charge in [-0.2, -0.15) is 0 Å². The summed E-state index contributed by atoms with van der Waals surface area (Å²) in [5.41, 5.74) is 1.57. The monoisotopic (exact) mass is 279 g/mol. The first-order valence-corrected chi connectivity index (χ1v) is 7.30. The molecule has 2 aromatic rings. The van der Waals surface area contributed by atoms with E-state index in [1.165, 1.54) is 52.8 Å². The minimum Gasteiger partial charge on any atom is -0.308 e. The van der Waals surface area contributed by atoms with Crippen molar-refractivity contribution in [1.82, 2.24) is 5.32 Å². The molecule has 0 saturated heterocycles. The Morgan fingerprint density at radius 3 is 2.63 bits per heavy atom. The van der Waals surface area contributed by atoms with E-state index in [0.717, 1.165) is 0 Å². The van der Waals surface area contributed by atoms with Gasteiger partial charge in [0.1, 0.15) is 11.6 Å². The highest BCUT2D eigenvalue weighted by atomic mass is 32.1. The summed E-state index contributed by atoms with van der Waals surface area (Å²) in [6, 6.07) is 6.19. The molecule has 1 N–H and O–H groups in total. The summed E-state index contributed by atoms with van der Waals surface area (Å²) in [6.07, 6.45) is 3.62. The molecule has 0 aliphatic heterocycles. The lowest BCUT2D eigenvalue weighted by molar-refractivity contribution is 0.536. The van der Waals surface area contributed by atoms with Crippen LogP contribution in [0, 0.1) is 11.6 Å². The smallest absolute Gasteiger partial charge is 0.130 e. The molecule has 3 rings (SSSR count). The lowest BCUT2D eigenvalue weighted by atomic mass is 10.2. The van der Waals surface area contributed by atoms with Crippen LogP contribution in [0.25, 0.3) is 0 Å². The number of benzene rings is 1. The second-order valence-corrected chi connectivity index (χ2v) is 6.04. The van der Waals surface area contributed by atoms with Crippen molar-refractivity contribution in [3.63, 3.8) is 0 Å². The zero-order chi connectivity index (χ0) is 13.2. The molecule has 1 aromatic heterocycles. The first kappa shape index (κ1) is 12.8. The quantitative estimate of drug-likeness (QED) is 0.897. The number of fused-ring (bicyclic) bond motifs is 1. The van der Waals surface area contributed by atoms with E-state index in [0.29, 0.717) is 6.54 Å². The van der Waals surface area contributed by atoms with Gasteiger partial charge in [-0.1, -0.05) is 6.07 Å². The summed E-state index contributed by atoms with van der Waals surface area (Å²) in [6.45, 7) is 0.895. The predicted octanol–water partition coefficient (Wildman–Crippen LogP) is 3.80. The maximum Gasteiger partial charge on any atom is 0.130 e. The van der Waals surface area contributed by atoms with Gasteiger partial charge >= 0.3 is 0 Å². The number of thiophene rings is 1. The first-order chi connectivity index (χ1) is 9.24. The minimum absolute atomic E-state index is 0.117. The van der Waals surface area contributed by atoms with Gasteiger partial charge in [-0.05, 0) is 43.0 Å². The number of nitrogens with one attached hydrogen (secondary N) is 1. The summed E-state index contributed by atoms with van der Waals surface area (Å²) in [5.74, 6) is -0.970. The molecule has 4 heteroatoms. The van der Waals surface area contributed by atoms with E-state index in [1.54, 1.807) is 0 Å². The van der Waals surface area contributed by atoms with Crippen LogP contribution in [0.1, 0.15) is 27.3 Å². The fourth-order valence-electron chi connectivity index (χ4n) is 2.49. The third kappa shape index (κ3) is 2.69. The number of aryl methyl sites for hydroxylation is 2. The zero-order valence-electron chi connectivity index (χ0n) is 10.5. The third-order valence-electron chi connectivity index (χ3n) is 3.46. The second kappa shape index (κ2) is 5.39. The summed E-state index contributed by atoms with van der Waals surface area (Å²) in [4.78, 5) is 2.73. The Morgan fingerprint density at radius 2 is 1.89 bits per heavy atom. The standard InChI is InChI=1S/C15H15F2NS/c16-13-4-2-5-14(17)12(13)9-18-8-11-7-10-3-1-6-15(10)19-11/h2,4-5,7,18H,1,3,6,8-9H2. The van der Waals surface area contributed by atoms with E-state index in [4.69, 9.17) is 0 Å². The van der Waals surface area contributed by atoms with E-state index in [9.17, 15) is 8.78 Å². The lowest BCUT2D eigenvalue weighted by Gasteiger charge is -2.06. The molecule has 1 aliphatic carbocycles. The van der Waals surface area contributed by atoms with Crippen molar-refractivity contribution in [1.29, 1.82) is 0 Å². The van der Waals surface area contributed by atoms with Crippen LogP contribution in [0.2, 0.25) is 0 Å². The van der Waals surface area contributed by atoms with Gasteiger partial charge in [0.25, 0.3) is 0 Å². The summed E-state index contributed by atoms with van der Waals surface area (Å²) < 4.78 is 26.9. The highest BCUT2D eigenvalue weighted by Gasteiger charge is 2.14. The van der Waals surface area contributed by atoms with Crippen molar-refractivity contribution in [2.24, 2.45) is 0 Å². The van der Waals surface area contributed by atoms with Crippen molar-refractivity contribution >= 4 is 11.3 Å². The van der Waals surface area contributed by atoms with Crippen molar-refractivity contribution < 1.29 is 8.78 Å². The van der Waals surface area contributed by atoms with Crippen LogP contribution in [-0.2, 0) is 25.9 Å². The minimum atomic E-state index is -0.485. The van der Waals surface area contributed by atoms with E-state index in [2.05, 4.69) is 11.4 Å². The Bertz CT molecular complexity index is 550. The Kier molecular flexibility index (Phi) is 3.62. The maximum atomic E-state index is 13.4. The fourth-order valence-corrected chi connectivity index (χ4v) is 3.72. The molecule has 0 fully saturated rings. The average Bonchev–Trinajstić information content (AvgIpc) is 2.93. The molecule has 19 heavy (non-hydrogen) atoms. The van der Waals surface area contributed by atoms with Crippen LogP contribution in [0.4, 0.5) is 8.78 Å². The first-order valence-electron chi connectivity index (χ1n) is 6.48. The van der Waals surface area contributed by atoms with E-state index < -0.39 is 11.6 Å². The lowest BCUT2D eigenvalue weighted by Crippen LogP contribution is -2.14. The molecule has 1 nitrogen and oxygen atoms in total. The fraction of sp³-hybridized carbons (Fsp3) is 0.333. The van der Waals surface area contributed by atoms with Crippen molar-refractivity contribution in [3.05, 3.63) is 56.8 Å². The highest BCUT2D eigenvalue weighted by Crippen LogP contribution is 2.30. The Hall–Kier alpha value is -1.26. The molecule has 0 radical (unpaired) electrons. The maximum absolute atomic E-state index is 13.4. The largest absolute Gasteiger partial charge is 0.308 e. The van der Waals surface area contributed by atoms with E-state index in [1.807, 2.05) is 11.3 Å². The van der Waals surface area contributed by atoms with Gasteiger partial charge in [0.2, 0.25) is 0 Å². The summed E-state index contributed by atoms with van der Waals surface area (Å²) in [7, 11) is 0. The topological polar surface area (TPSA) is 12.0 Å². The summed E-state index contributed by atoms with van der Waals surface area (Å²) in [5, 5.41) is 3.12. The highest BCUT2D eigenvalue weighted by molar-refractivity contribution is 7.12. The molecule has 0 atom stereocenters. The Balaban J connectivity index is 1.61. The van der Waals surface area contributed by atoms with E-state index in [-0.39, 0.29) is 12.1 Å². The molecule has 1 aromatic carbocycles. The molecular formula is C15H15F2NS. The zero-order valence-corrected chi connectivity index (χ0v) is 11.3. The van der Waals surface area contributed by atoms with Gasteiger partial charge in [-0.3, -0.25) is 0 Å². The SMILES string of the molecule is Fc1cccc(F)c1CNCc1cc2c(s1)CCC2. The van der Waals surface area contributed by atoms with Gasteiger partial charge in [-0.25, -0.2) is 8.78 Å². The van der Waals surface area contributed by atoms with Crippen LogP contribution in [-0.4, -0.2) is 0 Å². The van der Waals surface area contributed by atoms with Crippen molar-refractivity contribution in [3.8, 4) is 0 Å². The normalized spacial score (nSPS) is 13.8. The van der Waals surface area contributed by atoms with Gasteiger partial charge in [-0.15, -0.1) is 11.3 Å². The molecule has 100 valence electrons. The number of hydrogen-bond donors (Lipinski definition) is 1. The van der Waals surface area contributed by atoms with Crippen LogP contribution in [0.3, 0.4) is 0 Å². The number of hydrogen-bond acceptors (Lipinski definition) is 2. The number of halogens is 2. The van der Waals surface area contributed by atoms with Crippen molar-refractivity contribution in [2.45, 2.75) is 32.4 Å². The molecule has 1 heterocycles. The average molecular weight is 279 g/mol. The molecule has 0 bridgehead atoms. The van der Waals surface area contributed by atoms with Crippen molar-refractivity contribution in [2.75, 3.05) is 0 Å². The number of rotatable bonds is 4. The van der Waals surface area contributed by atoms with Gasteiger partial charge in [0, 0.05) is 28.4 Å². The van der Waals surface area contributed by atoms with Crippen LogP contribution in [0.15, 0.2) is 24.3 Å². The molecule has 1 aliphatic rings. The predicted molar refractivity (Wildman–Crippen MR) is 73.2 cm³/mol. The Labute approximate surface area is 115 Å². The van der Waals surface area contributed by atoms with Gasteiger partial charge in [0.15, 0.2) is 0 Å². The van der Waals surface area contributed by atoms with Crippen LogP contribution < -0.4 is 5.32 Å². The molecule has 0 amide bonds. The second-order valence-electron chi connectivity index (χ2n) is 4.82. The molecular weight excluding hydrogens is 264 g/mol. The third-order valence-corrected chi connectivity index (χ3v) is 4.70. The molecule has 0 unspecified atom stereocenters. The molecule has 0 saturated carbocycles. The summed E-state index contributed by atoms with van der Waals surface area (Å²) >= 11 is 1.82. The van der Waals surface area contributed by atoms with Gasteiger partial charge in [0.05, 0.1) is 0 Å².